The van der Waals surface area contributed by atoms with Crippen molar-refractivity contribution in [2.75, 3.05) is 0 Å². The normalized spacial score (nSPS) is 12.7. The first-order valence-electron chi connectivity index (χ1n) is 5.61. The molecular weight excluding hydrogens is 240 g/mol. The second kappa shape index (κ2) is 5.22. The van der Waals surface area contributed by atoms with Crippen LogP contribution in [0.3, 0.4) is 0 Å². The van der Waals surface area contributed by atoms with Gasteiger partial charge in [-0.15, -0.1) is 0 Å². The van der Waals surface area contributed by atoms with E-state index in [1.165, 1.54) is 6.33 Å². The van der Waals surface area contributed by atoms with Gasteiger partial charge in [-0.25, -0.2) is 13.8 Å². The van der Waals surface area contributed by atoms with Crippen LogP contribution >= 0.6 is 0 Å². The number of aliphatic hydroxyl groups is 1. The smallest absolute Gasteiger partial charge is 0.138 e. The fraction of sp³-hybridized carbons (Fsp3) is 0.333. The molecule has 0 radical (unpaired) electrons. The molecule has 1 atom stereocenters. The molecule has 1 aromatic heterocycles. The summed E-state index contributed by atoms with van der Waals surface area (Å²) in [5.41, 5.74) is 0.193. The van der Waals surface area contributed by atoms with Crippen LogP contribution in [-0.2, 0) is 13.0 Å². The molecule has 0 saturated heterocycles. The van der Waals surface area contributed by atoms with Gasteiger partial charge >= 0.3 is 0 Å². The quantitative estimate of drug-likeness (QED) is 0.904. The van der Waals surface area contributed by atoms with E-state index >= 15 is 0 Å². The van der Waals surface area contributed by atoms with E-state index in [9.17, 15) is 13.9 Å². The van der Waals surface area contributed by atoms with Crippen molar-refractivity contribution >= 4 is 0 Å². The van der Waals surface area contributed by atoms with Crippen molar-refractivity contribution in [1.82, 2.24) is 14.8 Å². The Labute approximate surface area is 103 Å². The minimum atomic E-state index is -1.01. The zero-order valence-corrected chi connectivity index (χ0v) is 9.85. The number of aliphatic hydroxyl groups excluding tert-OH is 1. The average Bonchev–Trinajstić information content (AvgIpc) is 2.75. The van der Waals surface area contributed by atoms with Crippen molar-refractivity contribution in [3.63, 3.8) is 0 Å². The zero-order valence-electron chi connectivity index (χ0n) is 9.85. The molecule has 0 fully saturated rings. The summed E-state index contributed by atoms with van der Waals surface area (Å²) in [4.78, 5) is 4.00. The van der Waals surface area contributed by atoms with E-state index in [2.05, 4.69) is 10.1 Å². The van der Waals surface area contributed by atoms with E-state index in [1.54, 1.807) is 4.68 Å². The summed E-state index contributed by atoms with van der Waals surface area (Å²) in [7, 11) is 0. The van der Waals surface area contributed by atoms with E-state index in [1.807, 2.05) is 6.92 Å². The highest BCUT2D eigenvalue weighted by molar-refractivity contribution is 5.21. The highest BCUT2D eigenvalue weighted by atomic mass is 19.1. The average molecular weight is 253 g/mol. The first-order valence-corrected chi connectivity index (χ1v) is 5.61. The van der Waals surface area contributed by atoms with Crippen LogP contribution in [0.5, 0.6) is 0 Å². The monoisotopic (exact) mass is 253 g/mol. The molecule has 18 heavy (non-hydrogen) atoms. The first kappa shape index (κ1) is 12.6. The molecule has 2 aromatic rings. The number of aryl methyl sites for hydroxylation is 1. The van der Waals surface area contributed by atoms with Gasteiger partial charge in [-0.2, -0.15) is 5.10 Å². The number of aromatic nitrogens is 3. The molecule has 0 saturated carbocycles. The van der Waals surface area contributed by atoms with Crippen LogP contribution in [0.15, 0.2) is 24.5 Å². The molecule has 0 aliphatic carbocycles. The Morgan fingerprint density at radius 3 is 2.56 bits per heavy atom. The molecule has 0 aliphatic rings. The topological polar surface area (TPSA) is 50.9 Å². The third-order valence-corrected chi connectivity index (χ3v) is 2.64. The molecule has 96 valence electrons. The van der Waals surface area contributed by atoms with Crippen molar-refractivity contribution < 1.29 is 13.9 Å². The van der Waals surface area contributed by atoms with Gasteiger partial charge in [0.1, 0.15) is 23.8 Å². The summed E-state index contributed by atoms with van der Waals surface area (Å²) < 4.78 is 27.7. The van der Waals surface area contributed by atoms with Gasteiger partial charge in [-0.05, 0) is 24.6 Å². The fourth-order valence-electron chi connectivity index (χ4n) is 1.77. The van der Waals surface area contributed by atoms with E-state index in [0.717, 1.165) is 18.2 Å². The van der Waals surface area contributed by atoms with Crippen molar-refractivity contribution in [3.8, 4) is 0 Å². The Bertz CT molecular complexity index is 522. The van der Waals surface area contributed by atoms with E-state index in [0.29, 0.717) is 12.4 Å². The predicted octanol–water partition coefficient (Wildman–Crippen LogP) is 1.85. The lowest BCUT2D eigenvalue weighted by Crippen LogP contribution is -2.10. The number of hydrogen-bond donors (Lipinski definition) is 1. The van der Waals surface area contributed by atoms with Crippen molar-refractivity contribution in [3.05, 3.63) is 47.5 Å². The fourth-order valence-corrected chi connectivity index (χ4v) is 1.77. The van der Waals surface area contributed by atoms with Gasteiger partial charge in [0.15, 0.2) is 0 Å². The van der Waals surface area contributed by atoms with Crippen LogP contribution in [0.1, 0.15) is 24.4 Å². The molecule has 6 heteroatoms. The maximum absolute atomic E-state index is 13.0. The van der Waals surface area contributed by atoms with Crippen molar-refractivity contribution in [2.24, 2.45) is 0 Å². The Balaban J connectivity index is 2.19. The highest BCUT2D eigenvalue weighted by Crippen LogP contribution is 2.19. The second-order valence-electron chi connectivity index (χ2n) is 3.91. The zero-order chi connectivity index (χ0) is 13.1. The lowest BCUT2D eigenvalue weighted by Gasteiger charge is -2.11. The van der Waals surface area contributed by atoms with E-state index in [4.69, 9.17) is 0 Å². The molecule has 0 spiro atoms. The Kier molecular flexibility index (Phi) is 3.66. The number of benzene rings is 1. The maximum Gasteiger partial charge on any atom is 0.138 e. The lowest BCUT2D eigenvalue weighted by atomic mass is 10.1. The van der Waals surface area contributed by atoms with Gasteiger partial charge in [0.05, 0.1) is 6.10 Å². The molecule has 0 bridgehead atoms. The molecule has 1 N–H and O–H groups in total. The maximum atomic E-state index is 13.0. The summed E-state index contributed by atoms with van der Waals surface area (Å²) >= 11 is 0. The SMILES string of the molecule is CCn1ncnc1CC(O)c1cc(F)cc(F)c1. The molecule has 2 rings (SSSR count). The van der Waals surface area contributed by atoms with Crippen LogP contribution in [0.25, 0.3) is 0 Å². The summed E-state index contributed by atoms with van der Waals surface area (Å²) in [5.74, 6) is -0.836. The molecule has 1 heterocycles. The third kappa shape index (κ3) is 2.70. The second-order valence-corrected chi connectivity index (χ2v) is 3.91. The van der Waals surface area contributed by atoms with Gasteiger partial charge < -0.3 is 5.11 Å². The summed E-state index contributed by atoms with van der Waals surface area (Å²) in [6, 6.07) is 2.99. The lowest BCUT2D eigenvalue weighted by molar-refractivity contribution is 0.173. The minimum Gasteiger partial charge on any atom is -0.388 e. The largest absolute Gasteiger partial charge is 0.388 e. The summed E-state index contributed by atoms with van der Waals surface area (Å²) in [6.07, 6.45) is 0.541. The Morgan fingerprint density at radius 2 is 1.94 bits per heavy atom. The number of rotatable bonds is 4. The number of halogens is 2. The highest BCUT2D eigenvalue weighted by Gasteiger charge is 2.14. The number of hydrogen-bond acceptors (Lipinski definition) is 3. The van der Waals surface area contributed by atoms with Crippen LogP contribution in [0.4, 0.5) is 8.78 Å². The molecular formula is C12H13F2N3O. The van der Waals surface area contributed by atoms with Gasteiger partial charge in [0.2, 0.25) is 0 Å². The van der Waals surface area contributed by atoms with E-state index < -0.39 is 17.7 Å². The first-order chi connectivity index (χ1) is 8.60. The van der Waals surface area contributed by atoms with Crippen LogP contribution in [0, 0.1) is 11.6 Å². The third-order valence-electron chi connectivity index (χ3n) is 2.64. The Morgan fingerprint density at radius 1 is 1.28 bits per heavy atom. The van der Waals surface area contributed by atoms with Crippen LogP contribution in [0.2, 0.25) is 0 Å². The molecule has 4 nitrogen and oxygen atoms in total. The standard InChI is InChI=1S/C12H13F2N3O/c1-2-17-12(15-7-16-17)6-11(18)8-3-9(13)5-10(14)4-8/h3-5,7,11,18H,2,6H2,1H3. The van der Waals surface area contributed by atoms with Crippen LogP contribution in [-0.4, -0.2) is 19.9 Å². The van der Waals surface area contributed by atoms with Crippen LogP contribution < -0.4 is 0 Å². The predicted molar refractivity (Wildman–Crippen MR) is 60.7 cm³/mol. The van der Waals surface area contributed by atoms with Gasteiger partial charge in [0.25, 0.3) is 0 Å². The summed E-state index contributed by atoms with van der Waals surface area (Å²) in [5, 5.41) is 13.9. The van der Waals surface area contributed by atoms with Gasteiger partial charge in [0, 0.05) is 19.0 Å². The molecule has 0 aliphatic heterocycles. The Hall–Kier alpha value is -1.82. The van der Waals surface area contributed by atoms with E-state index in [-0.39, 0.29) is 12.0 Å². The molecule has 0 amide bonds. The minimum absolute atomic E-state index is 0.163. The molecule has 1 unspecified atom stereocenters. The number of nitrogens with zero attached hydrogens (tertiary/aromatic N) is 3. The summed E-state index contributed by atoms with van der Waals surface area (Å²) in [6.45, 7) is 2.52. The van der Waals surface area contributed by atoms with Crippen molar-refractivity contribution in [2.45, 2.75) is 26.0 Å². The van der Waals surface area contributed by atoms with Gasteiger partial charge in [-0.1, -0.05) is 0 Å². The van der Waals surface area contributed by atoms with Gasteiger partial charge in [-0.3, -0.25) is 4.68 Å². The van der Waals surface area contributed by atoms with Crippen molar-refractivity contribution in [1.29, 1.82) is 0 Å². The molecule has 1 aromatic carbocycles.